The van der Waals surface area contributed by atoms with Crippen LogP contribution in [0.15, 0.2) is 67.0 Å². The summed E-state index contributed by atoms with van der Waals surface area (Å²) in [6.07, 6.45) is 3.45. The van der Waals surface area contributed by atoms with Crippen molar-refractivity contribution in [1.82, 2.24) is 19.6 Å². The highest BCUT2D eigenvalue weighted by Gasteiger charge is 2.31. The van der Waals surface area contributed by atoms with Crippen molar-refractivity contribution in [3.05, 3.63) is 88.2 Å². The number of aromatic nitrogens is 2. The van der Waals surface area contributed by atoms with Crippen LogP contribution in [0.1, 0.15) is 22.0 Å². The molecule has 2 amide bonds. The minimum atomic E-state index is -0.533. The summed E-state index contributed by atoms with van der Waals surface area (Å²) in [4.78, 5) is 29.7. The number of carbonyl (C=O) groups is 2. The number of carbonyl (C=O) groups excluding carboxylic acids is 2. The molecule has 30 heavy (non-hydrogen) atoms. The van der Waals surface area contributed by atoms with Crippen molar-refractivity contribution in [2.24, 2.45) is 0 Å². The number of nitrogens with zero attached hydrogens (tertiary/aromatic N) is 4. The van der Waals surface area contributed by atoms with Crippen molar-refractivity contribution in [1.29, 1.82) is 0 Å². The predicted molar refractivity (Wildman–Crippen MR) is 116 cm³/mol. The Morgan fingerprint density at radius 3 is 2.23 bits per heavy atom. The molecule has 154 valence electrons. The van der Waals surface area contributed by atoms with Gasteiger partial charge in [0.05, 0.1) is 10.6 Å². The molecule has 0 bridgehead atoms. The van der Waals surface area contributed by atoms with Gasteiger partial charge in [0, 0.05) is 43.6 Å². The molecule has 1 saturated heterocycles. The molecular formula is C22H20Cl2N4O2. The maximum absolute atomic E-state index is 13.4. The number of amides is 2. The van der Waals surface area contributed by atoms with E-state index in [2.05, 4.69) is 5.10 Å². The lowest BCUT2D eigenvalue weighted by atomic mass is 10.1. The summed E-state index contributed by atoms with van der Waals surface area (Å²) in [5.74, 6) is -0.197. The third-order valence-electron chi connectivity index (χ3n) is 5.18. The maximum atomic E-state index is 13.4. The van der Waals surface area contributed by atoms with Gasteiger partial charge in [0.25, 0.3) is 11.8 Å². The van der Waals surface area contributed by atoms with Gasteiger partial charge in [-0.3, -0.25) is 14.3 Å². The van der Waals surface area contributed by atoms with Crippen molar-refractivity contribution in [2.75, 3.05) is 26.2 Å². The molecule has 1 aliphatic heterocycles. The lowest BCUT2D eigenvalue weighted by Crippen LogP contribution is -2.52. The first-order valence-corrected chi connectivity index (χ1v) is 10.4. The molecule has 0 aliphatic carbocycles. The van der Waals surface area contributed by atoms with E-state index in [0.29, 0.717) is 41.8 Å². The van der Waals surface area contributed by atoms with Gasteiger partial charge in [-0.1, -0.05) is 53.5 Å². The standard InChI is InChI=1S/C22H20Cl2N4O2/c23-17-7-8-18(19(24)15-17)21(29)26-11-13-27(14-12-26)22(30)20(28-10-4-9-25-28)16-5-2-1-3-6-16/h1-10,15,20H,11-14H2. The topological polar surface area (TPSA) is 58.4 Å². The zero-order valence-electron chi connectivity index (χ0n) is 16.1. The number of rotatable bonds is 4. The first-order valence-electron chi connectivity index (χ1n) is 9.62. The van der Waals surface area contributed by atoms with Gasteiger partial charge in [0.1, 0.15) is 0 Å². The smallest absolute Gasteiger partial charge is 0.255 e. The number of benzene rings is 2. The lowest BCUT2D eigenvalue weighted by molar-refractivity contribution is -0.135. The van der Waals surface area contributed by atoms with Crippen LogP contribution in [0.5, 0.6) is 0 Å². The van der Waals surface area contributed by atoms with Crippen LogP contribution in [-0.2, 0) is 4.79 Å². The number of halogens is 2. The minimum absolute atomic E-state index is 0.0403. The molecule has 1 atom stereocenters. The van der Waals surface area contributed by atoms with Crippen LogP contribution in [0.4, 0.5) is 0 Å². The summed E-state index contributed by atoms with van der Waals surface area (Å²) in [7, 11) is 0. The average Bonchev–Trinajstić information content (AvgIpc) is 3.29. The fourth-order valence-corrected chi connectivity index (χ4v) is 4.10. The Morgan fingerprint density at radius 1 is 0.900 bits per heavy atom. The minimum Gasteiger partial charge on any atom is -0.337 e. The zero-order valence-corrected chi connectivity index (χ0v) is 17.6. The van der Waals surface area contributed by atoms with Crippen LogP contribution in [0.2, 0.25) is 10.0 Å². The van der Waals surface area contributed by atoms with Crippen LogP contribution in [0, 0.1) is 0 Å². The molecule has 0 N–H and O–H groups in total. The summed E-state index contributed by atoms with van der Waals surface area (Å²) in [6, 6.07) is 15.7. The number of hydrogen-bond donors (Lipinski definition) is 0. The van der Waals surface area contributed by atoms with E-state index in [1.165, 1.54) is 0 Å². The van der Waals surface area contributed by atoms with Crippen molar-refractivity contribution in [3.8, 4) is 0 Å². The van der Waals surface area contributed by atoms with Gasteiger partial charge in [-0.15, -0.1) is 0 Å². The molecule has 1 fully saturated rings. The lowest BCUT2D eigenvalue weighted by Gasteiger charge is -2.36. The van der Waals surface area contributed by atoms with E-state index in [1.54, 1.807) is 51.1 Å². The van der Waals surface area contributed by atoms with Gasteiger partial charge in [0.2, 0.25) is 0 Å². The van der Waals surface area contributed by atoms with Crippen LogP contribution in [0.25, 0.3) is 0 Å². The van der Waals surface area contributed by atoms with Crippen molar-refractivity contribution < 1.29 is 9.59 Å². The first kappa shape index (κ1) is 20.4. The fraction of sp³-hybridized carbons (Fsp3) is 0.227. The van der Waals surface area contributed by atoms with E-state index < -0.39 is 6.04 Å². The van der Waals surface area contributed by atoms with Crippen molar-refractivity contribution in [3.63, 3.8) is 0 Å². The Balaban J connectivity index is 1.47. The van der Waals surface area contributed by atoms with Gasteiger partial charge in [-0.05, 0) is 29.8 Å². The summed E-state index contributed by atoms with van der Waals surface area (Å²) < 4.78 is 1.67. The monoisotopic (exact) mass is 442 g/mol. The Hall–Kier alpha value is -2.83. The molecule has 6 nitrogen and oxygen atoms in total. The van der Waals surface area contributed by atoms with Crippen LogP contribution in [0.3, 0.4) is 0 Å². The van der Waals surface area contributed by atoms with Crippen molar-refractivity contribution in [2.45, 2.75) is 6.04 Å². The molecule has 2 heterocycles. The van der Waals surface area contributed by atoms with E-state index in [0.717, 1.165) is 5.56 Å². The zero-order chi connectivity index (χ0) is 21.1. The third-order valence-corrected chi connectivity index (χ3v) is 5.73. The van der Waals surface area contributed by atoms with Gasteiger partial charge < -0.3 is 9.80 Å². The molecule has 0 radical (unpaired) electrons. The van der Waals surface area contributed by atoms with Gasteiger partial charge >= 0.3 is 0 Å². The molecule has 1 aromatic heterocycles. The van der Waals surface area contributed by atoms with E-state index in [-0.39, 0.29) is 11.8 Å². The molecule has 0 spiro atoms. The third kappa shape index (κ3) is 4.20. The average molecular weight is 443 g/mol. The predicted octanol–water partition coefficient (Wildman–Crippen LogP) is 3.76. The van der Waals surface area contributed by atoms with Gasteiger partial charge in [-0.25, -0.2) is 0 Å². The second-order valence-corrected chi connectivity index (χ2v) is 7.88. The Kier molecular flexibility index (Phi) is 6.06. The SMILES string of the molecule is O=C(c1ccc(Cl)cc1Cl)N1CCN(C(=O)C(c2ccccc2)n2cccn2)CC1. The Morgan fingerprint density at radius 2 is 1.60 bits per heavy atom. The van der Waals surface area contributed by atoms with E-state index in [1.807, 2.05) is 30.3 Å². The van der Waals surface area contributed by atoms with Gasteiger partial charge in [0.15, 0.2) is 6.04 Å². The molecule has 2 aromatic carbocycles. The summed E-state index contributed by atoms with van der Waals surface area (Å²) in [6.45, 7) is 1.76. The molecular weight excluding hydrogens is 423 g/mol. The Bertz CT molecular complexity index is 1030. The number of piperazine rings is 1. The van der Waals surface area contributed by atoms with Gasteiger partial charge in [-0.2, -0.15) is 5.10 Å². The van der Waals surface area contributed by atoms with Crippen LogP contribution < -0.4 is 0 Å². The fourth-order valence-electron chi connectivity index (χ4n) is 3.61. The normalized spacial score (nSPS) is 15.1. The molecule has 1 aliphatic rings. The second-order valence-electron chi connectivity index (χ2n) is 7.04. The molecule has 4 rings (SSSR count). The van der Waals surface area contributed by atoms with E-state index in [9.17, 15) is 9.59 Å². The molecule has 0 saturated carbocycles. The quantitative estimate of drug-likeness (QED) is 0.617. The van der Waals surface area contributed by atoms with E-state index in [4.69, 9.17) is 23.2 Å². The van der Waals surface area contributed by atoms with Crippen molar-refractivity contribution >= 4 is 35.0 Å². The van der Waals surface area contributed by atoms with Crippen LogP contribution in [-0.4, -0.2) is 57.6 Å². The first-order chi connectivity index (χ1) is 14.5. The highest BCUT2D eigenvalue weighted by atomic mass is 35.5. The second kappa shape index (κ2) is 8.90. The summed E-state index contributed by atoms with van der Waals surface area (Å²) >= 11 is 12.1. The Labute approximate surface area is 184 Å². The summed E-state index contributed by atoms with van der Waals surface area (Å²) in [5.41, 5.74) is 1.29. The maximum Gasteiger partial charge on any atom is 0.255 e. The highest BCUT2D eigenvalue weighted by molar-refractivity contribution is 6.36. The van der Waals surface area contributed by atoms with Crippen LogP contribution >= 0.6 is 23.2 Å². The largest absolute Gasteiger partial charge is 0.337 e. The van der Waals surface area contributed by atoms with E-state index >= 15 is 0 Å². The molecule has 3 aromatic rings. The molecule has 1 unspecified atom stereocenters. The summed E-state index contributed by atoms with van der Waals surface area (Å²) in [5, 5.41) is 5.10. The molecule has 8 heteroatoms. The highest BCUT2D eigenvalue weighted by Crippen LogP contribution is 2.24. The number of hydrogen-bond acceptors (Lipinski definition) is 3.